The molecule has 0 aliphatic carbocycles. The Kier molecular flexibility index (Phi) is 6.15. The molecule has 3 nitrogen and oxygen atoms in total. The molecule has 0 heterocycles. The first-order valence-electron chi connectivity index (χ1n) is 6.16. The fourth-order valence-electron chi connectivity index (χ4n) is 1.54. The maximum absolute atomic E-state index is 11.5. The van der Waals surface area contributed by atoms with Gasteiger partial charge in [0.05, 0.1) is 7.11 Å². The number of rotatable bonds is 7. The Morgan fingerprint density at radius 2 is 2.00 bits per heavy atom. The van der Waals surface area contributed by atoms with Crippen molar-refractivity contribution in [3.63, 3.8) is 0 Å². The standard InChI is InChI=1S/C14H21NO2/c1-3-4-11-15-14(16)10-7-12-5-8-13(17-2)9-6-12/h5-6,8-9H,3-4,7,10-11H2,1-2H3,(H,15,16). The molecule has 3 heteroatoms. The molecule has 0 saturated carbocycles. The van der Waals surface area contributed by atoms with Gasteiger partial charge in [0.25, 0.3) is 0 Å². The summed E-state index contributed by atoms with van der Waals surface area (Å²) in [6.07, 6.45) is 3.49. The summed E-state index contributed by atoms with van der Waals surface area (Å²) in [5, 5.41) is 2.91. The predicted molar refractivity (Wildman–Crippen MR) is 69.2 cm³/mol. The molecule has 1 aromatic carbocycles. The first-order chi connectivity index (χ1) is 8.26. The normalized spacial score (nSPS) is 10.0. The van der Waals surface area contributed by atoms with Gasteiger partial charge in [-0.15, -0.1) is 0 Å². The van der Waals surface area contributed by atoms with Gasteiger partial charge in [-0.1, -0.05) is 25.5 Å². The average Bonchev–Trinajstić information content (AvgIpc) is 2.37. The van der Waals surface area contributed by atoms with Crippen LogP contribution in [0.2, 0.25) is 0 Å². The van der Waals surface area contributed by atoms with E-state index in [1.54, 1.807) is 7.11 Å². The second kappa shape index (κ2) is 7.71. The Labute approximate surface area is 103 Å². The van der Waals surface area contributed by atoms with Gasteiger partial charge in [0, 0.05) is 13.0 Å². The lowest BCUT2D eigenvalue weighted by molar-refractivity contribution is -0.121. The fourth-order valence-corrected chi connectivity index (χ4v) is 1.54. The molecule has 1 N–H and O–H groups in total. The second-order valence-corrected chi connectivity index (χ2v) is 4.05. The van der Waals surface area contributed by atoms with E-state index in [1.807, 2.05) is 24.3 Å². The number of nitrogens with one attached hydrogen (secondary N) is 1. The van der Waals surface area contributed by atoms with Gasteiger partial charge in [0.2, 0.25) is 5.91 Å². The zero-order valence-electron chi connectivity index (χ0n) is 10.7. The average molecular weight is 235 g/mol. The van der Waals surface area contributed by atoms with E-state index in [-0.39, 0.29) is 5.91 Å². The molecular weight excluding hydrogens is 214 g/mol. The van der Waals surface area contributed by atoms with Gasteiger partial charge in [-0.2, -0.15) is 0 Å². The topological polar surface area (TPSA) is 38.3 Å². The lowest BCUT2D eigenvalue weighted by Gasteiger charge is -2.05. The van der Waals surface area contributed by atoms with Crippen molar-refractivity contribution in [2.24, 2.45) is 0 Å². The van der Waals surface area contributed by atoms with Crippen LogP contribution in [-0.4, -0.2) is 19.6 Å². The lowest BCUT2D eigenvalue weighted by atomic mass is 10.1. The number of unbranched alkanes of at least 4 members (excludes halogenated alkanes) is 1. The van der Waals surface area contributed by atoms with E-state index >= 15 is 0 Å². The van der Waals surface area contributed by atoms with Crippen LogP contribution in [0.4, 0.5) is 0 Å². The van der Waals surface area contributed by atoms with Crippen molar-refractivity contribution in [3.8, 4) is 5.75 Å². The summed E-state index contributed by atoms with van der Waals surface area (Å²) in [5.41, 5.74) is 1.16. The molecular formula is C14H21NO2. The Hall–Kier alpha value is -1.51. The Balaban J connectivity index is 2.27. The zero-order chi connectivity index (χ0) is 12.5. The third-order valence-corrected chi connectivity index (χ3v) is 2.65. The van der Waals surface area contributed by atoms with E-state index in [4.69, 9.17) is 4.74 Å². The number of aryl methyl sites for hydroxylation is 1. The van der Waals surface area contributed by atoms with Crippen molar-refractivity contribution in [2.45, 2.75) is 32.6 Å². The highest BCUT2D eigenvalue weighted by Crippen LogP contribution is 2.12. The first-order valence-corrected chi connectivity index (χ1v) is 6.16. The number of methoxy groups -OCH3 is 1. The highest BCUT2D eigenvalue weighted by molar-refractivity contribution is 5.76. The highest BCUT2D eigenvalue weighted by Gasteiger charge is 2.01. The van der Waals surface area contributed by atoms with E-state index < -0.39 is 0 Å². The Morgan fingerprint density at radius 1 is 1.29 bits per heavy atom. The van der Waals surface area contributed by atoms with E-state index in [0.717, 1.165) is 37.1 Å². The van der Waals surface area contributed by atoms with Gasteiger partial charge in [-0.3, -0.25) is 4.79 Å². The smallest absolute Gasteiger partial charge is 0.220 e. The molecule has 0 aliphatic rings. The minimum Gasteiger partial charge on any atom is -0.497 e. The van der Waals surface area contributed by atoms with E-state index in [1.165, 1.54) is 0 Å². The summed E-state index contributed by atoms with van der Waals surface area (Å²) >= 11 is 0. The van der Waals surface area contributed by atoms with Crippen molar-refractivity contribution in [1.29, 1.82) is 0 Å². The summed E-state index contributed by atoms with van der Waals surface area (Å²) < 4.78 is 5.08. The summed E-state index contributed by atoms with van der Waals surface area (Å²) in [5.74, 6) is 0.982. The zero-order valence-corrected chi connectivity index (χ0v) is 10.7. The third-order valence-electron chi connectivity index (χ3n) is 2.65. The van der Waals surface area contributed by atoms with Crippen LogP contribution in [0.25, 0.3) is 0 Å². The maximum Gasteiger partial charge on any atom is 0.220 e. The van der Waals surface area contributed by atoms with Gasteiger partial charge in [-0.05, 0) is 30.5 Å². The number of hydrogen-bond donors (Lipinski definition) is 1. The monoisotopic (exact) mass is 235 g/mol. The van der Waals surface area contributed by atoms with Gasteiger partial charge >= 0.3 is 0 Å². The molecule has 0 bridgehead atoms. The van der Waals surface area contributed by atoms with Gasteiger partial charge in [0.1, 0.15) is 5.75 Å². The molecule has 1 rings (SSSR count). The molecule has 0 aliphatic heterocycles. The van der Waals surface area contributed by atoms with Gasteiger partial charge < -0.3 is 10.1 Å². The summed E-state index contributed by atoms with van der Waals surface area (Å²) in [7, 11) is 1.65. The number of amides is 1. The van der Waals surface area contributed by atoms with E-state index in [2.05, 4.69) is 12.2 Å². The van der Waals surface area contributed by atoms with E-state index in [9.17, 15) is 4.79 Å². The number of hydrogen-bond acceptors (Lipinski definition) is 2. The lowest BCUT2D eigenvalue weighted by Crippen LogP contribution is -2.24. The molecule has 0 radical (unpaired) electrons. The largest absolute Gasteiger partial charge is 0.497 e. The van der Waals surface area contributed by atoms with E-state index in [0.29, 0.717) is 6.42 Å². The van der Waals surface area contributed by atoms with Crippen molar-refractivity contribution in [3.05, 3.63) is 29.8 Å². The Bertz CT molecular complexity index is 333. The van der Waals surface area contributed by atoms with Crippen molar-refractivity contribution < 1.29 is 9.53 Å². The predicted octanol–water partition coefficient (Wildman–Crippen LogP) is 2.54. The fraction of sp³-hybridized carbons (Fsp3) is 0.500. The van der Waals surface area contributed by atoms with Crippen LogP contribution < -0.4 is 10.1 Å². The molecule has 0 fully saturated rings. The summed E-state index contributed by atoms with van der Waals surface area (Å²) in [6.45, 7) is 2.90. The van der Waals surface area contributed by atoms with Gasteiger partial charge in [0.15, 0.2) is 0 Å². The van der Waals surface area contributed by atoms with Crippen LogP contribution in [0, 0.1) is 0 Å². The van der Waals surface area contributed by atoms with Crippen LogP contribution in [0.3, 0.4) is 0 Å². The van der Waals surface area contributed by atoms with Crippen molar-refractivity contribution in [2.75, 3.05) is 13.7 Å². The SMILES string of the molecule is CCCCNC(=O)CCc1ccc(OC)cc1. The summed E-state index contributed by atoms with van der Waals surface area (Å²) in [4.78, 5) is 11.5. The van der Waals surface area contributed by atoms with Crippen LogP contribution in [0.1, 0.15) is 31.7 Å². The number of benzene rings is 1. The molecule has 0 saturated heterocycles. The first kappa shape index (κ1) is 13.6. The molecule has 0 atom stereocenters. The molecule has 0 unspecified atom stereocenters. The van der Waals surface area contributed by atoms with Crippen molar-refractivity contribution >= 4 is 5.91 Å². The minimum atomic E-state index is 0.134. The molecule has 94 valence electrons. The number of ether oxygens (including phenoxy) is 1. The Morgan fingerprint density at radius 3 is 2.59 bits per heavy atom. The minimum absolute atomic E-state index is 0.134. The van der Waals surface area contributed by atoms with Gasteiger partial charge in [-0.25, -0.2) is 0 Å². The van der Waals surface area contributed by atoms with Crippen molar-refractivity contribution in [1.82, 2.24) is 5.32 Å². The number of carbonyl (C=O) groups excluding carboxylic acids is 1. The van der Waals surface area contributed by atoms with Crippen LogP contribution in [0.5, 0.6) is 5.75 Å². The maximum atomic E-state index is 11.5. The van der Waals surface area contributed by atoms with Crippen LogP contribution in [0.15, 0.2) is 24.3 Å². The molecule has 0 aromatic heterocycles. The number of carbonyl (C=O) groups is 1. The third kappa shape index (κ3) is 5.38. The quantitative estimate of drug-likeness (QED) is 0.738. The molecule has 17 heavy (non-hydrogen) atoms. The molecule has 1 amide bonds. The second-order valence-electron chi connectivity index (χ2n) is 4.05. The van der Waals surface area contributed by atoms with Crippen LogP contribution in [-0.2, 0) is 11.2 Å². The summed E-state index contributed by atoms with van der Waals surface area (Å²) in [6, 6.07) is 7.84. The molecule has 0 spiro atoms. The highest BCUT2D eigenvalue weighted by atomic mass is 16.5. The molecule has 1 aromatic rings. The van der Waals surface area contributed by atoms with Crippen LogP contribution >= 0.6 is 0 Å².